The van der Waals surface area contributed by atoms with Crippen molar-refractivity contribution in [3.05, 3.63) is 35.4 Å². The van der Waals surface area contributed by atoms with Crippen LogP contribution in [0.1, 0.15) is 31.0 Å². The van der Waals surface area contributed by atoms with Crippen LogP contribution in [0.25, 0.3) is 0 Å². The Kier molecular flexibility index (Phi) is 2.30. The molecule has 0 aliphatic carbocycles. The van der Waals surface area contributed by atoms with Gasteiger partial charge in [0.05, 0.1) is 0 Å². The van der Waals surface area contributed by atoms with Gasteiger partial charge in [0.15, 0.2) is 0 Å². The fourth-order valence-electron chi connectivity index (χ4n) is 3.24. The molecule has 0 aromatic heterocycles. The first-order chi connectivity index (χ1) is 7.68. The highest BCUT2D eigenvalue weighted by Crippen LogP contribution is 2.39. The van der Waals surface area contributed by atoms with Gasteiger partial charge < -0.3 is 5.32 Å². The fourth-order valence-corrected chi connectivity index (χ4v) is 3.24. The first kappa shape index (κ1) is 10.3. The standard InChI is InChI=1S/C14H20N2/c1-14(2)10-16-8-7-15-9-13(16)11-5-3-4-6-12(11)14/h3-6,13,15H,7-10H2,1-2H3. The second-order valence-electron chi connectivity index (χ2n) is 5.66. The Morgan fingerprint density at radius 2 is 2.12 bits per heavy atom. The Labute approximate surface area is 97.6 Å². The molecule has 2 heterocycles. The minimum absolute atomic E-state index is 0.296. The maximum atomic E-state index is 3.51. The van der Waals surface area contributed by atoms with Crippen molar-refractivity contribution in [1.82, 2.24) is 10.2 Å². The van der Waals surface area contributed by atoms with E-state index in [1.54, 1.807) is 5.56 Å². The van der Waals surface area contributed by atoms with Crippen LogP contribution in [0, 0.1) is 0 Å². The molecular weight excluding hydrogens is 196 g/mol. The molecule has 0 spiro atoms. The van der Waals surface area contributed by atoms with Crippen molar-refractivity contribution in [3.63, 3.8) is 0 Å². The minimum Gasteiger partial charge on any atom is -0.314 e. The molecule has 2 aliphatic heterocycles. The molecule has 2 heteroatoms. The number of piperazine rings is 1. The van der Waals surface area contributed by atoms with Gasteiger partial charge in [-0.15, -0.1) is 0 Å². The summed E-state index contributed by atoms with van der Waals surface area (Å²) in [5.41, 5.74) is 3.37. The van der Waals surface area contributed by atoms with Crippen molar-refractivity contribution < 1.29 is 0 Å². The van der Waals surface area contributed by atoms with E-state index in [0.717, 1.165) is 13.1 Å². The van der Waals surface area contributed by atoms with Crippen molar-refractivity contribution in [2.75, 3.05) is 26.2 Å². The van der Waals surface area contributed by atoms with Crippen LogP contribution in [0.5, 0.6) is 0 Å². The Morgan fingerprint density at radius 1 is 1.31 bits per heavy atom. The maximum Gasteiger partial charge on any atom is 0.0476 e. The molecule has 1 aromatic rings. The molecule has 86 valence electrons. The van der Waals surface area contributed by atoms with Crippen LogP contribution in [0.2, 0.25) is 0 Å². The summed E-state index contributed by atoms with van der Waals surface area (Å²) in [5.74, 6) is 0. The third-order valence-electron chi connectivity index (χ3n) is 4.00. The smallest absolute Gasteiger partial charge is 0.0476 e. The summed E-state index contributed by atoms with van der Waals surface area (Å²) >= 11 is 0. The van der Waals surface area contributed by atoms with Gasteiger partial charge in [-0.25, -0.2) is 0 Å². The topological polar surface area (TPSA) is 15.3 Å². The average molecular weight is 216 g/mol. The zero-order valence-corrected chi connectivity index (χ0v) is 10.2. The highest BCUT2D eigenvalue weighted by molar-refractivity contribution is 5.39. The molecule has 0 bridgehead atoms. The Balaban J connectivity index is 2.09. The number of fused-ring (bicyclic) bond motifs is 3. The van der Waals surface area contributed by atoms with Crippen molar-refractivity contribution in [3.8, 4) is 0 Å². The van der Waals surface area contributed by atoms with Crippen molar-refractivity contribution in [2.24, 2.45) is 0 Å². The maximum absolute atomic E-state index is 3.51. The van der Waals surface area contributed by atoms with E-state index >= 15 is 0 Å². The zero-order valence-electron chi connectivity index (χ0n) is 10.2. The Morgan fingerprint density at radius 3 is 3.00 bits per heavy atom. The van der Waals surface area contributed by atoms with E-state index in [0.29, 0.717) is 11.5 Å². The third-order valence-corrected chi connectivity index (χ3v) is 4.00. The first-order valence-electron chi connectivity index (χ1n) is 6.23. The van der Waals surface area contributed by atoms with Crippen LogP contribution in [-0.2, 0) is 5.41 Å². The lowest BCUT2D eigenvalue weighted by Crippen LogP contribution is -2.53. The Hall–Kier alpha value is -0.860. The largest absolute Gasteiger partial charge is 0.314 e. The van der Waals surface area contributed by atoms with E-state index in [1.807, 2.05) is 0 Å². The fraction of sp³-hybridized carbons (Fsp3) is 0.571. The third kappa shape index (κ3) is 1.48. The number of hydrogen-bond donors (Lipinski definition) is 1. The average Bonchev–Trinajstić information content (AvgIpc) is 2.29. The number of rotatable bonds is 0. The van der Waals surface area contributed by atoms with Crippen molar-refractivity contribution in [1.29, 1.82) is 0 Å². The van der Waals surface area contributed by atoms with Gasteiger partial charge in [0.1, 0.15) is 0 Å². The Bertz CT molecular complexity index is 397. The molecule has 1 atom stereocenters. The summed E-state index contributed by atoms with van der Waals surface area (Å²) < 4.78 is 0. The second kappa shape index (κ2) is 3.57. The van der Waals surface area contributed by atoms with Crippen LogP contribution in [0.4, 0.5) is 0 Å². The summed E-state index contributed by atoms with van der Waals surface area (Å²) in [7, 11) is 0. The molecule has 16 heavy (non-hydrogen) atoms. The van der Waals surface area contributed by atoms with E-state index < -0.39 is 0 Å². The predicted molar refractivity (Wildman–Crippen MR) is 66.7 cm³/mol. The molecule has 2 nitrogen and oxygen atoms in total. The van der Waals surface area contributed by atoms with Gasteiger partial charge in [-0.2, -0.15) is 0 Å². The summed E-state index contributed by atoms with van der Waals surface area (Å²) in [5, 5.41) is 3.51. The van der Waals surface area contributed by atoms with Crippen LogP contribution < -0.4 is 5.32 Å². The predicted octanol–water partition coefficient (Wildman–Crippen LogP) is 1.92. The van der Waals surface area contributed by atoms with Crippen LogP contribution in [0.3, 0.4) is 0 Å². The SMILES string of the molecule is CC1(C)CN2CCNCC2c2ccccc21. The lowest BCUT2D eigenvalue weighted by Gasteiger charge is -2.47. The van der Waals surface area contributed by atoms with Crippen LogP contribution in [0.15, 0.2) is 24.3 Å². The molecule has 0 saturated carbocycles. The van der Waals surface area contributed by atoms with E-state index in [4.69, 9.17) is 0 Å². The molecule has 0 radical (unpaired) electrons. The molecule has 1 unspecified atom stereocenters. The summed E-state index contributed by atoms with van der Waals surface area (Å²) in [6, 6.07) is 9.56. The normalized spacial score (nSPS) is 28.2. The summed E-state index contributed by atoms with van der Waals surface area (Å²) in [4.78, 5) is 2.64. The van der Waals surface area contributed by atoms with E-state index in [1.165, 1.54) is 18.7 Å². The van der Waals surface area contributed by atoms with Gasteiger partial charge in [-0.05, 0) is 11.1 Å². The van der Waals surface area contributed by atoms with Crippen molar-refractivity contribution in [2.45, 2.75) is 25.3 Å². The molecule has 3 rings (SSSR count). The van der Waals surface area contributed by atoms with E-state index in [9.17, 15) is 0 Å². The molecule has 1 N–H and O–H groups in total. The molecule has 0 amide bonds. The van der Waals surface area contributed by atoms with E-state index in [2.05, 4.69) is 48.3 Å². The summed E-state index contributed by atoms with van der Waals surface area (Å²) in [6.07, 6.45) is 0. The molecular formula is C14H20N2. The van der Waals surface area contributed by atoms with Crippen molar-refractivity contribution >= 4 is 0 Å². The number of nitrogens with one attached hydrogen (secondary N) is 1. The van der Waals surface area contributed by atoms with Gasteiger partial charge in [-0.3, -0.25) is 4.90 Å². The number of benzene rings is 1. The highest BCUT2D eigenvalue weighted by atomic mass is 15.2. The molecule has 1 fully saturated rings. The highest BCUT2D eigenvalue weighted by Gasteiger charge is 2.38. The molecule has 1 aromatic carbocycles. The molecule has 2 aliphatic rings. The van der Waals surface area contributed by atoms with E-state index in [-0.39, 0.29) is 0 Å². The second-order valence-corrected chi connectivity index (χ2v) is 5.66. The van der Waals surface area contributed by atoms with Gasteiger partial charge in [-0.1, -0.05) is 38.1 Å². The summed E-state index contributed by atoms with van der Waals surface area (Å²) in [6.45, 7) is 9.34. The van der Waals surface area contributed by atoms with Crippen LogP contribution in [-0.4, -0.2) is 31.1 Å². The zero-order chi connectivity index (χ0) is 11.2. The number of hydrogen-bond acceptors (Lipinski definition) is 2. The van der Waals surface area contributed by atoms with Gasteiger partial charge >= 0.3 is 0 Å². The monoisotopic (exact) mass is 216 g/mol. The quantitative estimate of drug-likeness (QED) is 0.713. The lowest BCUT2D eigenvalue weighted by atomic mass is 9.75. The van der Waals surface area contributed by atoms with Crippen LogP contribution >= 0.6 is 0 Å². The molecule has 1 saturated heterocycles. The minimum atomic E-state index is 0.296. The number of nitrogens with zero attached hydrogens (tertiary/aromatic N) is 1. The van der Waals surface area contributed by atoms with Gasteiger partial charge in [0, 0.05) is 37.6 Å². The lowest BCUT2D eigenvalue weighted by molar-refractivity contribution is 0.114. The first-order valence-corrected chi connectivity index (χ1v) is 6.23. The van der Waals surface area contributed by atoms with Gasteiger partial charge in [0.25, 0.3) is 0 Å². The van der Waals surface area contributed by atoms with Gasteiger partial charge in [0.2, 0.25) is 0 Å².